The number of nitrogens with zero attached hydrogens (tertiary/aromatic N) is 1. The molecular formula is C21H20FN3O5S. The molecule has 0 aliphatic carbocycles. The Balaban J connectivity index is 1.97. The fourth-order valence-electron chi connectivity index (χ4n) is 2.92. The maximum Gasteiger partial charge on any atom is 0.340 e. The maximum atomic E-state index is 14.8. The van der Waals surface area contributed by atoms with Crippen LogP contribution in [0.2, 0.25) is 0 Å². The second-order valence-electron chi connectivity index (χ2n) is 6.49. The van der Waals surface area contributed by atoms with Gasteiger partial charge in [-0.2, -0.15) is 8.42 Å². The number of fused-ring (bicyclic) bond motifs is 1. The Kier molecular flexibility index (Phi) is 6.58. The summed E-state index contributed by atoms with van der Waals surface area (Å²) in [5, 5.41) is 0.675. The van der Waals surface area contributed by atoms with Crippen molar-refractivity contribution in [1.29, 1.82) is 0 Å². The Bertz CT molecular complexity index is 1360. The fourth-order valence-corrected chi connectivity index (χ4v) is 3.42. The van der Waals surface area contributed by atoms with Crippen LogP contribution in [0.25, 0.3) is 11.0 Å². The highest BCUT2D eigenvalue weighted by molar-refractivity contribution is 7.90. The van der Waals surface area contributed by atoms with Crippen molar-refractivity contribution in [3.8, 4) is 17.6 Å². The molecule has 0 radical (unpaired) electrons. The lowest BCUT2D eigenvalue weighted by molar-refractivity contribution is 0.370. The summed E-state index contributed by atoms with van der Waals surface area (Å²) in [5.41, 5.74) is 0.692. The Hall–Kier alpha value is -3.42. The van der Waals surface area contributed by atoms with E-state index in [2.05, 4.69) is 16.8 Å². The number of benzene rings is 1. The summed E-state index contributed by atoms with van der Waals surface area (Å²) in [4.78, 5) is 16.3. The van der Waals surface area contributed by atoms with Gasteiger partial charge in [0.25, 0.3) is 10.2 Å². The predicted molar refractivity (Wildman–Crippen MR) is 115 cm³/mol. The normalized spacial score (nSPS) is 11.1. The Morgan fingerprint density at radius 3 is 2.77 bits per heavy atom. The molecule has 2 heterocycles. The van der Waals surface area contributed by atoms with Gasteiger partial charge in [0.2, 0.25) is 0 Å². The predicted octanol–water partition coefficient (Wildman–Crippen LogP) is 2.50. The average molecular weight is 445 g/mol. The van der Waals surface area contributed by atoms with E-state index < -0.39 is 27.5 Å². The van der Waals surface area contributed by atoms with E-state index in [1.165, 1.54) is 19.3 Å². The Labute approximate surface area is 178 Å². The summed E-state index contributed by atoms with van der Waals surface area (Å²) in [6.45, 7) is 3.66. The first-order valence-corrected chi connectivity index (χ1v) is 10.7. The molecule has 2 aromatic heterocycles. The molecule has 0 saturated heterocycles. The van der Waals surface area contributed by atoms with Gasteiger partial charge in [0.05, 0.1) is 0 Å². The van der Waals surface area contributed by atoms with Crippen LogP contribution in [0.3, 0.4) is 0 Å². The molecule has 3 rings (SSSR count). The van der Waals surface area contributed by atoms with Crippen LogP contribution in [0, 0.1) is 24.6 Å². The first kappa shape index (κ1) is 22.3. The maximum absolute atomic E-state index is 14.8. The fraction of sp³-hybridized carbons (Fsp3) is 0.238. The second kappa shape index (κ2) is 9.16. The summed E-state index contributed by atoms with van der Waals surface area (Å²) in [5.74, 6) is 4.67. The molecule has 0 saturated carbocycles. The van der Waals surface area contributed by atoms with E-state index in [-0.39, 0.29) is 24.2 Å². The van der Waals surface area contributed by atoms with Crippen molar-refractivity contribution in [2.75, 3.05) is 18.4 Å². The molecule has 0 spiro atoms. The van der Waals surface area contributed by atoms with E-state index in [0.29, 0.717) is 22.3 Å². The molecule has 10 heteroatoms. The molecule has 3 aromatic rings. The topological polar surface area (TPSA) is 111 Å². The lowest BCUT2D eigenvalue weighted by Gasteiger charge is -2.12. The van der Waals surface area contributed by atoms with Gasteiger partial charge in [-0.3, -0.25) is 4.72 Å². The van der Waals surface area contributed by atoms with E-state index in [1.807, 2.05) is 9.44 Å². The monoisotopic (exact) mass is 445 g/mol. The summed E-state index contributed by atoms with van der Waals surface area (Å²) in [6.07, 6.45) is 1.16. The van der Waals surface area contributed by atoms with Crippen molar-refractivity contribution in [3.63, 3.8) is 0 Å². The highest BCUT2D eigenvalue weighted by Crippen LogP contribution is 2.26. The third-order valence-electron chi connectivity index (χ3n) is 4.58. The van der Waals surface area contributed by atoms with Gasteiger partial charge < -0.3 is 9.15 Å². The van der Waals surface area contributed by atoms with Crippen LogP contribution in [-0.4, -0.2) is 27.1 Å². The SMILES string of the molecule is CC#CCOc1ccc2c(C)c(Cc3ccnc(NS(=O)(=O)NC)c3F)c(=O)oc2c1. The average Bonchev–Trinajstić information content (AvgIpc) is 2.73. The zero-order valence-electron chi connectivity index (χ0n) is 17.1. The van der Waals surface area contributed by atoms with Crippen LogP contribution in [0.5, 0.6) is 5.75 Å². The number of rotatable bonds is 7. The lowest BCUT2D eigenvalue weighted by atomic mass is 10.00. The number of hydrogen-bond acceptors (Lipinski definition) is 6. The van der Waals surface area contributed by atoms with Crippen LogP contribution in [-0.2, 0) is 16.6 Å². The minimum absolute atomic E-state index is 0.0941. The summed E-state index contributed by atoms with van der Waals surface area (Å²) in [6, 6.07) is 6.46. The van der Waals surface area contributed by atoms with E-state index in [1.54, 1.807) is 32.0 Å². The highest BCUT2D eigenvalue weighted by Gasteiger charge is 2.18. The third-order valence-corrected chi connectivity index (χ3v) is 5.58. The Morgan fingerprint density at radius 2 is 2.06 bits per heavy atom. The molecule has 31 heavy (non-hydrogen) atoms. The van der Waals surface area contributed by atoms with Gasteiger partial charge in [-0.1, -0.05) is 5.92 Å². The second-order valence-corrected chi connectivity index (χ2v) is 8.10. The van der Waals surface area contributed by atoms with Gasteiger partial charge in [0, 0.05) is 36.7 Å². The molecule has 0 atom stereocenters. The summed E-state index contributed by atoms with van der Waals surface area (Å²) < 4.78 is 53.0. The minimum Gasteiger partial charge on any atom is -0.481 e. The molecular weight excluding hydrogens is 425 g/mol. The number of anilines is 1. The number of hydrogen-bond donors (Lipinski definition) is 2. The van der Waals surface area contributed by atoms with Crippen LogP contribution in [0.1, 0.15) is 23.6 Å². The van der Waals surface area contributed by atoms with Gasteiger partial charge >= 0.3 is 5.63 Å². The third kappa shape index (κ3) is 5.02. The number of nitrogens with one attached hydrogen (secondary N) is 2. The first-order valence-electron chi connectivity index (χ1n) is 9.19. The Morgan fingerprint density at radius 1 is 1.29 bits per heavy atom. The van der Waals surface area contributed by atoms with E-state index in [0.717, 1.165) is 0 Å². The highest BCUT2D eigenvalue weighted by atomic mass is 32.2. The van der Waals surface area contributed by atoms with Crippen molar-refractivity contribution < 1.29 is 22.0 Å². The van der Waals surface area contributed by atoms with Gasteiger partial charge in [0.1, 0.15) is 17.9 Å². The lowest BCUT2D eigenvalue weighted by Crippen LogP contribution is -2.27. The van der Waals surface area contributed by atoms with Crippen LogP contribution in [0.4, 0.5) is 10.2 Å². The van der Waals surface area contributed by atoms with Gasteiger partial charge in [0.15, 0.2) is 11.6 Å². The number of pyridine rings is 1. The molecule has 0 fully saturated rings. The molecule has 0 aliphatic heterocycles. The zero-order valence-corrected chi connectivity index (χ0v) is 17.9. The van der Waals surface area contributed by atoms with Gasteiger partial charge in [-0.25, -0.2) is 18.9 Å². The van der Waals surface area contributed by atoms with Crippen molar-refractivity contribution >= 4 is 27.0 Å². The molecule has 0 aliphatic rings. The van der Waals surface area contributed by atoms with E-state index in [9.17, 15) is 17.6 Å². The number of halogens is 1. The summed E-state index contributed by atoms with van der Waals surface area (Å²) in [7, 11) is -2.76. The molecule has 1 aromatic carbocycles. The molecule has 162 valence electrons. The molecule has 2 N–H and O–H groups in total. The molecule has 0 amide bonds. The minimum atomic E-state index is -3.95. The smallest absolute Gasteiger partial charge is 0.340 e. The zero-order chi connectivity index (χ0) is 22.6. The van der Waals surface area contributed by atoms with Crippen LogP contribution in [0.15, 0.2) is 39.7 Å². The quantitative estimate of drug-likeness (QED) is 0.427. The summed E-state index contributed by atoms with van der Waals surface area (Å²) >= 11 is 0. The van der Waals surface area contributed by atoms with Crippen molar-refractivity contribution in [2.24, 2.45) is 0 Å². The van der Waals surface area contributed by atoms with Crippen molar-refractivity contribution in [2.45, 2.75) is 20.3 Å². The van der Waals surface area contributed by atoms with Crippen LogP contribution < -0.4 is 19.8 Å². The number of aromatic nitrogens is 1. The largest absolute Gasteiger partial charge is 0.481 e. The standard InChI is InChI=1S/C21H20FN3O5S/c1-4-5-10-29-15-6-7-16-13(2)17(21(26)30-18(16)12-15)11-14-8-9-24-20(19(14)22)25-31(27,28)23-3/h6-9,12,23H,10-11H2,1-3H3,(H,24,25). The van der Waals surface area contributed by atoms with Gasteiger partial charge in [-0.15, -0.1) is 5.92 Å². The van der Waals surface area contributed by atoms with E-state index in [4.69, 9.17) is 9.15 Å². The number of ether oxygens (including phenoxy) is 1. The first-order chi connectivity index (χ1) is 14.8. The molecule has 0 bridgehead atoms. The van der Waals surface area contributed by atoms with Crippen LogP contribution >= 0.6 is 0 Å². The van der Waals surface area contributed by atoms with Gasteiger partial charge in [-0.05, 0) is 43.2 Å². The van der Waals surface area contributed by atoms with E-state index >= 15 is 0 Å². The van der Waals surface area contributed by atoms with Crippen molar-refractivity contribution in [3.05, 3.63) is 63.4 Å². The molecule has 8 nitrogen and oxygen atoms in total. The van der Waals surface area contributed by atoms with Crippen molar-refractivity contribution in [1.82, 2.24) is 9.71 Å². The number of aryl methyl sites for hydroxylation is 1. The molecule has 0 unspecified atom stereocenters.